The summed E-state index contributed by atoms with van der Waals surface area (Å²) in [7, 11) is -6.40. The van der Waals surface area contributed by atoms with Crippen molar-refractivity contribution < 1.29 is 31.1 Å². The Bertz CT molecular complexity index is 445. The van der Waals surface area contributed by atoms with Gasteiger partial charge < -0.3 is 31.1 Å². The lowest BCUT2D eigenvalue weighted by Gasteiger charge is -2.34. The van der Waals surface area contributed by atoms with E-state index in [0.29, 0.717) is 5.19 Å². The van der Waals surface area contributed by atoms with Gasteiger partial charge in [-0.15, -0.1) is 0 Å². The second kappa shape index (κ2) is 16.5. The highest BCUT2D eigenvalue weighted by Crippen LogP contribution is 2.19. The first kappa shape index (κ1) is 41.1. The second-order valence-electron chi connectivity index (χ2n) is 4.69. The smallest absolute Gasteiger partial charge is 0.390 e. The van der Waals surface area contributed by atoms with Crippen LogP contribution in [0.2, 0.25) is 13.1 Å². The van der Waals surface area contributed by atoms with E-state index in [1.54, 1.807) is 37.4 Å². The summed E-state index contributed by atoms with van der Waals surface area (Å²) in [6.07, 6.45) is 0. The van der Waals surface area contributed by atoms with E-state index in [4.69, 9.17) is 21.5 Å². The molecule has 0 aromatic heterocycles. The average Bonchev–Trinajstić information content (AvgIpc) is 2.47. The predicted octanol–water partition coefficient (Wildman–Crippen LogP) is 3.74. The van der Waals surface area contributed by atoms with Crippen molar-refractivity contribution in [2.75, 3.05) is 21.3 Å². The number of hydrogen-bond acceptors (Lipinski definition) is 7. The third-order valence-electron chi connectivity index (χ3n) is 2.69. The third-order valence-corrected chi connectivity index (χ3v) is 11.4. The summed E-state index contributed by atoms with van der Waals surface area (Å²) in [6, 6.07) is 8.82. The molecule has 10 heteroatoms. The van der Waals surface area contributed by atoms with E-state index in [2.05, 4.69) is 0 Å². The maximum absolute atomic E-state index is 10.7. The molecule has 0 aliphatic carbocycles. The van der Waals surface area contributed by atoms with Gasteiger partial charge in [-0.25, -0.2) is 0 Å². The monoisotopic (exact) mass is 446 g/mol. The fourth-order valence-corrected chi connectivity index (χ4v) is 9.88. The highest BCUT2D eigenvalue weighted by atomic mass is 28.5. The van der Waals surface area contributed by atoms with Gasteiger partial charge in [-0.3, -0.25) is 0 Å². The standard InChI is InChI=1S/C11H22O7Si3.6CH4/c1-14-20(12,11-9-7-6-8-10-11)17-19(4,5)18-21(13,15-2)16-3;;;;;;/h6-10,12-13H,1-5H3;6*1H4. The number of hydrogen-bond donors (Lipinski definition) is 2. The van der Waals surface area contributed by atoms with E-state index in [9.17, 15) is 9.59 Å². The van der Waals surface area contributed by atoms with Gasteiger partial charge in [0.2, 0.25) is 0 Å². The van der Waals surface area contributed by atoms with Crippen molar-refractivity contribution in [2.24, 2.45) is 0 Å². The van der Waals surface area contributed by atoms with Crippen LogP contribution >= 0.6 is 0 Å². The van der Waals surface area contributed by atoms with Crippen molar-refractivity contribution in [3.63, 3.8) is 0 Å². The summed E-state index contributed by atoms with van der Waals surface area (Å²) in [5.41, 5.74) is 0. The molecular weight excluding hydrogens is 400 g/mol. The van der Waals surface area contributed by atoms with Gasteiger partial charge in [0.15, 0.2) is 0 Å². The fourth-order valence-electron chi connectivity index (χ4n) is 1.70. The zero-order valence-electron chi connectivity index (χ0n) is 12.8. The predicted molar refractivity (Wildman–Crippen MR) is 123 cm³/mol. The van der Waals surface area contributed by atoms with Crippen molar-refractivity contribution in [1.82, 2.24) is 0 Å². The molecule has 0 heterocycles. The van der Waals surface area contributed by atoms with Gasteiger partial charge in [-0.2, -0.15) is 0 Å². The van der Waals surface area contributed by atoms with Gasteiger partial charge in [0.25, 0.3) is 0 Å². The molecule has 27 heavy (non-hydrogen) atoms. The maximum Gasteiger partial charge on any atom is 0.667 e. The van der Waals surface area contributed by atoms with Crippen LogP contribution < -0.4 is 5.19 Å². The average molecular weight is 447 g/mol. The quantitative estimate of drug-likeness (QED) is 0.588. The van der Waals surface area contributed by atoms with Gasteiger partial charge in [-0.1, -0.05) is 74.9 Å². The molecule has 1 unspecified atom stereocenters. The van der Waals surface area contributed by atoms with Crippen molar-refractivity contribution in [1.29, 1.82) is 0 Å². The molecule has 0 radical (unpaired) electrons. The minimum absolute atomic E-state index is 0. The summed E-state index contributed by atoms with van der Waals surface area (Å²) in [5, 5.41) is 0.553. The molecule has 0 aliphatic heterocycles. The molecule has 0 spiro atoms. The number of rotatable bonds is 8. The molecule has 0 bridgehead atoms. The summed E-state index contributed by atoms with van der Waals surface area (Å²) in [4.78, 5) is 20.7. The molecule has 0 saturated heterocycles. The van der Waals surface area contributed by atoms with Crippen molar-refractivity contribution >= 4 is 31.6 Å². The molecular formula is C17H46O7Si3. The van der Waals surface area contributed by atoms with Crippen LogP contribution in [0.5, 0.6) is 0 Å². The van der Waals surface area contributed by atoms with E-state index in [1.165, 1.54) is 21.3 Å². The van der Waals surface area contributed by atoms with E-state index in [0.717, 1.165) is 0 Å². The molecule has 1 aromatic carbocycles. The minimum atomic E-state index is -3.75. The van der Waals surface area contributed by atoms with E-state index in [1.807, 2.05) is 6.07 Å². The lowest BCUT2D eigenvalue weighted by atomic mass is 10.4. The Morgan fingerprint density at radius 2 is 1.07 bits per heavy atom. The normalized spacial score (nSPS) is 12.3. The van der Waals surface area contributed by atoms with Crippen LogP contribution in [0.15, 0.2) is 30.3 Å². The van der Waals surface area contributed by atoms with Crippen LogP contribution in [0, 0.1) is 0 Å². The van der Waals surface area contributed by atoms with Crippen LogP contribution in [0.3, 0.4) is 0 Å². The molecule has 0 fully saturated rings. The molecule has 2 N–H and O–H groups in total. The first-order valence-corrected chi connectivity index (χ1v) is 12.5. The van der Waals surface area contributed by atoms with Crippen molar-refractivity contribution in [3.05, 3.63) is 30.3 Å². The summed E-state index contributed by atoms with van der Waals surface area (Å²) >= 11 is 0. The van der Waals surface area contributed by atoms with Gasteiger partial charge in [-0.05, 0) is 13.1 Å². The lowest BCUT2D eigenvalue weighted by Crippen LogP contribution is -2.63. The Morgan fingerprint density at radius 1 is 0.667 bits per heavy atom. The van der Waals surface area contributed by atoms with Crippen LogP contribution in [-0.4, -0.2) is 57.3 Å². The van der Waals surface area contributed by atoms with Crippen LogP contribution in [0.4, 0.5) is 0 Å². The third kappa shape index (κ3) is 11.9. The Labute approximate surface area is 172 Å². The zero-order valence-corrected chi connectivity index (χ0v) is 15.8. The first-order chi connectivity index (χ1) is 9.70. The van der Waals surface area contributed by atoms with E-state index in [-0.39, 0.29) is 44.6 Å². The Hall–Kier alpha value is -0.409. The Balaban J connectivity index is -0.000000184. The molecule has 0 saturated carbocycles. The Kier molecular flexibility index (Phi) is 25.2. The highest BCUT2D eigenvalue weighted by Gasteiger charge is 2.52. The van der Waals surface area contributed by atoms with Crippen LogP contribution in [-0.2, 0) is 21.5 Å². The van der Waals surface area contributed by atoms with Crippen molar-refractivity contribution in [3.8, 4) is 0 Å². The Morgan fingerprint density at radius 3 is 1.41 bits per heavy atom. The SMILES string of the molecule is C.C.C.C.C.C.CO[Si](O)(OC)O[Si](C)(C)O[Si](O)(OC)c1ccccc1. The molecule has 7 nitrogen and oxygen atoms in total. The zero-order chi connectivity index (χ0) is 16.1. The summed E-state index contributed by atoms with van der Waals surface area (Å²) in [6.45, 7) is 3.34. The fraction of sp³-hybridized carbons (Fsp3) is 0.647. The molecule has 1 atom stereocenters. The summed E-state index contributed by atoms with van der Waals surface area (Å²) < 4.78 is 26.2. The number of benzene rings is 1. The van der Waals surface area contributed by atoms with Gasteiger partial charge in [0.1, 0.15) is 0 Å². The van der Waals surface area contributed by atoms with Crippen LogP contribution in [0.25, 0.3) is 0 Å². The maximum atomic E-state index is 10.7. The van der Waals surface area contributed by atoms with Gasteiger partial charge in [0, 0.05) is 26.5 Å². The molecule has 0 aliphatic rings. The molecule has 1 aromatic rings. The van der Waals surface area contributed by atoms with Crippen molar-refractivity contribution in [2.45, 2.75) is 57.7 Å². The first-order valence-electron chi connectivity index (χ1n) is 6.26. The van der Waals surface area contributed by atoms with E-state index >= 15 is 0 Å². The van der Waals surface area contributed by atoms with Crippen LogP contribution in [0.1, 0.15) is 44.6 Å². The highest BCUT2D eigenvalue weighted by molar-refractivity contribution is 6.85. The molecule has 168 valence electrons. The molecule has 0 amide bonds. The second-order valence-corrected chi connectivity index (χ2v) is 13.1. The lowest BCUT2D eigenvalue weighted by molar-refractivity contribution is 0.0579. The minimum Gasteiger partial charge on any atom is -0.390 e. The molecule has 1 rings (SSSR count). The van der Waals surface area contributed by atoms with Gasteiger partial charge in [0.05, 0.1) is 0 Å². The summed E-state index contributed by atoms with van der Waals surface area (Å²) in [5.74, 6) is 0. The van der Waals surface area contributed by atoms with Gasteiger partial charge >= 0.3 is 26.4 Å². The topological polar surface area (TPSA) is 86.6 Å². The largest absolute Gasteiger partial charge is 0.667 e. The van der Waals surface area contributed by atoms with E-state index < -0.39 is 26.4 Å².